The molecule has 1 heterocycles. The van der Waals surface area contributed by atoms with Crippen LogP contribution in [0.25, 0.3) is 0 Å². The first-order valence-electron chi connectivity index (χ1n) is 6.69. The number of guanidine groups is 1. The number of rotatable bonds is 7. The van der Waals surface area contributed by atoms with Crippen molar-refractivity contribution in [2.75, 3.05) is 27.2 Å². The van der Waals surface area contributed by atoms with Crippen LogP contribution in [0.3, 0.4) is 0 Å². The van der Waals surface area contributed by atoms with Crippen molar-refractivity contribution in [3.8, 4) is 0 Å². The van der Waals surface area contributed by atoms with E-state index in [1.807, 2.05) is 37.1 Å². The van der Waals surface area contributed by atoms with Crippen molar-refractivity contribution in [3.05, 3.63) is 30.6 Å². The maximum Gasteiger partial charge on any atom is 0.193 e. The first kappa shape index (κ1) is 18.9. The van der Waals surface area contributed by atoms with E-state index >= 15 is 0 Å². The van der Waals surface area contributed by atoms with Crippen LogP contribution in [0.5, 0.6) is 0 Å². The van der Waals surface area contributed by atoms with Crippen LogP contribution in [0.15, 0.2) is 30.0 Å². The van der Waals surface area contributed by atoms with Crippen molar-refractivity contribution in [3.63, 3.8) is 0 Å². The largest absolute Gasteiger partial charge is 0.354 e. The Morgan fingerprint density at radius 2 is 2.35 bits per heavy atom. The lowest BCUT2D eigenvalue weighted by molar-refractivity contribution is 0.465. The van der Waals surface area contributed by atoms with Crippen molar-refractivity contribution in [1.29, 1.82) is 0 Å². The van der Waals surface area contributed by atoms with Gasteiger partial charge < -0.3 is 10.2 Å². The number of halogens is 1. The summed E-state index contributed by atoms with van der Waals surface area (Å²) >= 11 is 0. The summed E-state index contributed by atoms with van der Waals surface area (Å²) < 4.78 is 1.94. The van der Waals surface area contributed by atoms with Crippen molar-refractivity contribution in [2.24, 2.45) is 4.99 Å². The molecule has 114 valence electrons. The molecule has 0 saturated heterocycles. The molecule has 0 spiro atoms. The van der Waals surface area contributed by atoms with Crippen LogP contribution in [0.4, 0.5) is 0 Å². The van der Waals surface area contributed by atoms with E-state index in [1.165, 1.54) is 5.56 Å². The fourth-order valence-electron chi connectivity index (χ4n) is 1.83. The molecule has 0 aliphatic rings. The molecule has 0 bridgehead atoms. The highest BCUT2D eigenvalue weighted by Gasteiger charge is 2.04. The Balaban J connectivity index is 0.00000361. The Kier molecular flexibility index (Phi) is 10.1. The minimum atomic E-state index is 0. The molecule has 0 amide bonds. The molecular formula is C14H26IN5. The zero-order valence-electron chi connectivity index (χ0n) is 12.7. The fourth-order valence-corrected chi connectivity index (χ4v) is 1.83. The number of aromatic nitrogens is 2. The third kappa shape index (κ3) is 6.93. The van der Waals surface area contributed by atoms with Gasteiger partial charge in [-0.15, -0.1) is 30.6 Å². The molecule has 1 N–H and O–H groups in total. The molecule has 0 atom stereocenters. The third-order valence-electron chi connectivity index (χ3n) is 2.86. The molecular weight excluding hydrogens is 365 g/mol. The Labute approximate surface area is 139 Å². The summed E-state index contributed by atoms with van der Waals surface area (Å²) in [4.78, 5) is 6.42. The lowest BCUT2D eigenvalue weighted by Gasteiger charge is -2.21. The van der Waals surface area contributed by atoms with E-state index < -0.39 is 0 Å². The highest BCUT2D eigenvalue weighted by atomic mass is 127. The normalized spacial score (nSPS) is 10.8. The van der Waals surface area contributed by atoms with Crippen LogP contribution in [-0.4, -0.2) is 47.8 Å². The summed E-state index contributed by atoms with van der Waals surface area (Å²) in [5.41, 5.74) is 1.19. The Morgan fingerprint density at radius 1 is 1.60 bits per heavy atom. The first-order chi connectivity index (χ1) is 9.17. The molecule has 1 aromatic heterocycles. The van der Waals surface area contributed by atoms with Crippen molar-refractivity contribution in [2.45, 2.75) is 26.3 Å². The molecule has 1 aromatic rings. The van der Waals surface area contributed by atoms with Gasteiger partial charge in [-0.25, -0.2) is 0 Å². The molecule has 0 aliphatic heterocycles. The van der Waals surface area contributed by atoms with E-state index in [0.29, 0.717) is 0 Å². The van der Waals surface area contributed by atoms with E-state index in [-0.39, 0.29) is 24.0 Å². The number of hydrogen-bond acceptors (Lipinski definition) is 2. The molecule has 0 radical (unpaired) electrons. The molecule has 0 saturated carbocycles. The van der Waals surface area contributed by atoms with Crippen LogP contribution >= 0.6 is 24.0 Å². The summed E-state index contributed by atoms with van der Waals surface area (Å²) in [6.45, 7) is 8.42. The zero-order chi connectivity index (χ0) is 14.1. The second kappa shape index (κ2) is 10.7. The van der Waals surface area contributed by atoms with E-state index in [2.05, 4.69) is 33.9 Å². The maximum atomic E-state index is 4.28. The van der Waals surface area contributed by atoms with Gasteiger partial charge in [0.1, 0.15) is 0 Å². The second-order valence-corrected chi connectivity index (χ2v) is 4.61. The highest BCUT2D eigenvalue weighted by Crippen LogP contribution is 1.95. The molecule has 5 nitrogen and oxygen atoms in total. The summed E-state index contributed by atoms with van der Waals surface area (Å²) in [7, 11) is 3.86. The molecule has 6 heteroatoms. The average Bonchev–Trinajstić information content (AvgIpc) is 2.80. The number of nitrogens with zero attached hydrogens (tertiary/aromatic N) is 4. The first-order valence-corrected chi connectivity index (χ1v) is 6.69. The van der Waals surface area contributed by atoms with Gasteiger partial charge in [-0.1, -0.05) is 6.08 Å². The van der Waals surface area contributed by atoms with Crippen molar-refractivity contribution in [1.82, 2.24) is 20.0 Å². The van der Waals surface area contributed by atoms with Gasteiger partial charge in [-0.05, 0) is 25.3 Å². The van der Waals surface area contributed by atoms with Gasteiger partial charge >= 0.3 is 0 Å². The fraction of sp³-hybridized carbons (Fsp3) is 0.571. The number of aryl methyl sites for hydroxylation is 1. The molecule has 0 aliphatic carbocycles. The predicted octanol–water partition coefficient (Wildman–Crippen LogP) is 2.28. The van der Waals surface area contributed by atoms with Gasteiger partial charge in [0.05, 0.1) is 12.7 Å². The second-order valence-electron chi connectivity index (χ2n) is 4.61. The van der Waals surface area contributed by atoms with E-state index in [1.54, 1.807) is 0 Å². The minimum Gasteiger partial charge on any atom is -0.354 e. The van der Waals surface area contributed by atoms with Crippen molar-refractivity contribution >= 4 is 29.9 Å². The smallest absolute Gasteiger partial charge is 0.193 e. The molecule has 1 rings (SSSR count). The minimum absolute atomic E-state index is 0. The van der Waals surface area contributed by atoms with Gasteiger partial charge in [-0.3, -0.25) is 9.67 Å². The van der Waals surface area contributed by atoms with Crippen molar-refractivity contribution < 1.29 is 0 Å². The molecule has 0 fully saturated rings. The van der Waals surface area contributed by atoms with Crippen LogP contribution < -0.4 is 5.32 Å². The summed E-state index contributed by atoms with van der Waals surface area (Å²) in [6, 6.07) is 0. The van der Waals surface area contributed by atoms with Crippen LogP contribution in [0.2, 0.25) is 0 Å². The number of nitrogens with one attached hydrogen (secondary N) is 1. The maximum absolute atomic E-state index is 4.28. The van der Waals surface area contributed by atoms with Crippen LogP contribution in [-0.2, 0) is 6.54 Å². The van der Waals surface area contributed by atoms with Gasteiger partial charge in [0.15, 0.2) is 5.96 Å². The van der Waals surface area contributed by atoms with Gasteiger partial charge in [0.25, 0.3) is 0 Å². The third-order valence-corrected chi connectivity index (χ3v) is 2.86. The highest BCUT2D eigenvalue weighted by molar-refractivity contribution is 14.0. The predicted molar refractivity (Wildman–Crippen MR) is 95.8 cm³/mol. The van der Waals surface area contributed by atoms with E-state index in [4.69, 9.17) is 0 Å². The monoisotopic (exact) mass is 391 g/mol. The number of allylic oxidation sites excluding steroid dienone is 1. The van der Waals surface area contributed by atoms with Gasteiger partial charge in [0.2, 0.25) is 0 Å². The van der Waals surface area contributed by atoms with Crippen LogP contribution in [0.1, 0.15) is 18.4 Å². The summed E-state index contributed by atoms with van der Waals surface area (Å²) in [5, 5.41) is 7.60. The number of hydrogen-bond donors (Lipinski definition) is 1. The number of aliphatic imine (C=N–C) groups is 1. The topological polar surface area (TPSA) is 45.5 Å². The van der Waals surface area contributed by atoms with E-state index in [9.17, 15) is 0 Å². The van der Waals surface area contributed by atoms with E-state index in [0.717, 1.165) is 38.4 Å². The van der Waals surface area contributed by atoms with Gasteiger partial charge in [-0.2, -0.15) is 5.10 Å². The SMILES string of the molecule is C=CCCCN(C)C(=NC)NCCn1cc(C)cn1.I. The summed E-state index contributed by atoms with van der Waals surface area (Å²) in [6.07, 6.45) is 7.99. The zero-order valence-corrected chi connectivity index (χ0v) is 15.0. The Morgan fingerprint density at radius 3 is 2.90 bits per heavy atom. The molecule has 20 heavy (non-hydrogen) atoms. The Hall–Kier alpha value is -1.05. The molecule has 0 aromatic carbocycles. The summed E-state index contributed by atoms with van der Waals surface area (Å²) in [5.74, 6) is 0.924. The Bertz CT molecular complexity index is 413. The molecule has 0 unspecified atom stereocenters. The average molecular weight is 391 g/mol. The number of unbranched alkanes of at least 4 members (excludes halogenated alkanes) is 1. The standard InChI is InChI=1S/C14H25N5.HI/c1-5-6-7-9-18(4)14(15-3)16-8-10-19-12-13(2)11-17-19;/h5,11-12H,1,6-10H2,2-4H3,(H,15,16);1H. The lowest BCUT2D eigenvalue weighted by Crippen LogP contribution is -2.40. The van der Waals surface area contributed by atoms with Crippen LogP contribution in [0, 0.1) is 6.92 Å². The van der Waals surface area contributed by atoms with Gasteiger partial charge in [0, 0.05) is 33.4 Å². The lowest BCUT2D eigenvalue weighted by atomic mass is 10.3. The quantitative estimate of drug-likeness (QED) is 0.255.